The predicted octanol–water partition coefficient (Wildman–Crippen LogP) is 4.13. The fourth-order valence-corrected chi connectivity index (χ4v) is 4.26. The van der Waals surface area contributed by atoms with Crippen LogP contribution >= 0.6 is 12.4 Å². The second-order valence-electron chi connectivity index (χ2n) is 6.33. The van der Waals surface area contributed by atoms with Gasteiger partial charge >= 0.3 is 5.97 Å². The summed E-state index contributed by atoms with van der Waals surface area (Å²) in [6, 6.07) is 0. The number of hydrogen-bond donors (Lipinski definition) is 1. The van der Waals surface area contributed by atoms with Crippen LogP contribution in [-0.2, 0) is 4.79 Å². The van der Waals surface area contributed by atoms with Gasteiger partial charge < -0.3 is 5.11 Å². The first-order valence-corrected chi connectivity index (χ1v) is 6.73. The summed E-state index contributed by atoms with van der Waals surface area (Å²) in [5.41, 5.74) is 0.458. The standard InChI is InChI=1S/C14H24O2.ClH/c1-14(2)11-8-6-10(7-9-11)12(14)4-3-5-13(15)16;/h10-12H,3-9H2,1-2H3,(H,15,16);1H. The van der Waals surface area contributed by atoms with E-state index in [1.807, 2.05) is 0 Å². The lowest BCUT2D eigenvalue weighted by Gasteiger charge is -2.54. The van der Waals surface area contributed by atoms with Gasteiger partial charge in [-0.15, -0.1) is 12.4 Å². The van der Waals surface area contributed by atoms with Crippen LogP contribution in [0.3, 0.4) is 0 Å². The Balaban J connectivity index is 0.00000144. The molecule has 0 heterocycles. The Labute approximate surface area is 111 Å². The molecule has 3 rings (SSSR count). The van der Waals surface area contributed by atoms with Gasteiger partial charge in [0.2, 0.25) is 0 Å². The van der Waals surface area contributed by atoms with Gasteiger partial charge in [0.1, 0.15) is 0 Å². The Morgan fingerprint density at radius 3 is 2.29 bits per heavy atom. The SMILES string of the molecule is CC1(C)C2CCC(CC2)C1CCCC(=O)O.Cl. The number of aliphatic carboxylic acids is 1. The van der Waals surface area contributed by atoms with E-state index in [-0.39, 0.29) is 12.4 Å². The van der Waals surface area contributed by atoms with Gasteiger partial charge in [0.15, 0.2) is 0 Å². The van der Waals surface area contributed by atoms with Gasteiger partial charge in [-0.3, -0.25) is 4.79 Å². The summed E-state index contributed by atoms with van der Waals surface area (Å²) >= 11 is 0. The first-order valence-electron chi connectivity index (χ1n) is 6.73. The lowest BCUT2D eigenvalue weighted by molar-refractivity contribution is -0.137. The van der Waals surface area contributed by atoms with Gasteiger partial charge in [-0.25, -0.2) is 0 Å². The molecule has 0 aliphatic heterocycles. The summed E-state index contributed by atoms with van der Waals surface area (Å²) in [4.78, 5) is 10.6. The van der Waals surface area contributed by atoms with Gasteiger partial charge in [-0.1, -0.05) is 13.8 Å². The summed E-state index contributed by atoms with van der Waals surface area (Å²) in [5, 5.41) is 8.70. The summed E-state index contributed by atoms with van der Waals surface area (Å²) < 4.78 is 0. The first kappa shape index (κ1) is 14.8. The zero-order valence-corrected chi connectivity index (χ0v) is 11.8. The zero-order valence-electron chi connectivity index (χ0n) is 10.9. The van der Waals surface area contributed by atoms with Crippen LogP contribution in [0.5, 0.6) is 0 Å². The molecule has 3 heteroatoms. The Bertz CT molecular complexity index is 267. The molecule has 17 heavy (non-hydrogen) atoms. The molecule has 2 bridgehead atoms. The third-order valence-corrected chi connectivity index (χ3v) is 5.25. The molecule has 100 valence electrons. The highest BCUT2D eigenvalue weighted by Crippen LogP contribution is 2.57. The fraction of sp³-hybridized carbons (Fsp3) is 0.929. The first-order chi connectivity index (χ1) is 7.51. The smallest absolute Gasteiger partial charge is 0.303 e. The largest absolute Gasteiger partial charge is 0.481 e. The van der Waals surface area contributed by atoms with Crippen molar-refractivity contribution in [3.63, 3.8) is 0 Å². The molecule has 2 nitrogen and oxygen atoms in total. The van der Waals surface area contributed by atoms with Gasteiger partial charge in [0.05, 0.1) is 0 Å². The van der Waals surface area contributed by atoms with Crippen LogP contribution in [0.4, 0.5) is 0 Å². The van der Waals surface area contributed by atoms with Crippen LogP contribution in [0.1, 0.15) is 58.8 Å². The molecule has 1 unspecified atom stereocenters. The van der Waals surface area contributed by atoms with Gasteiger partial charge in [0.25, 0.3) is 0 Å². The minimum atomic E-state index is -0.640. The van der Waals surface area contributed by atoms with E-state index >= 15 is 0 Å². The summed E-state index contributed by atoms with van der Waals surface area (Å²) in [5.74, 6) is 1.92. The van der Waals surface area contributed by atoms with Crippen LogP contribution in [-0.4, -0.2) is 11.1 Å². The molecule has 3 saturated carbocycles. The van der Waals surface area contributed by atoms with E-state index in [1.165, 1.54) is 25.7 Å². The Morgan fingerprint density at radius 1 is 1.24 bits per heavy atom. The van der Waals surface area contributed by atoms with Gasteiger partial charge in [-0.2, -0.15) is 0 Å². The molecule has 3 aliphatic carbocycles. The normalized spacial score (nSPS) is 34.1. The predicted molar refractivity (Wildman–Crippen MR) is 71.5 cm³/mol. The Kier molecular flexibility index (Phi) is 4.88. The van der Waals surface area contributed by atoms with Crippen molar-refractivity contribution >= 4 is 18.4 Å². The lowest BCUT2D eigenvalue weighted by Crippen LogP contribution is -2.46. The van der Waals surface area contributed by atoms with Gasteiger partial charge in [-0.05, 0) is 61.7 Å². The van der Waals surface area contributed by atoms with Crippen molar-refractivity contribution in [1.82, 2.24) is 0 Å². The van der Waals surface area contributed by atoms with Crippen molar-refractivity contribution in [2.75, 3.05) is 0 Å². The third kappa shape index (κ3) is 2.96. The number of halogens is 1. The molecule has 0 aromatic rings. The average molecular weight is 261 g/mol. The quantitative estimate of drug-likeness (QED) is 0.825. The number of carboxylic acids is 1. The van der Waals surface area contributed by atoms with Crippen LogP contribution in [0.2, 0.25) is 0 Å². The van der Waals surface area contributed by atoms with Crippen LogP contribution < -0.4 is 0 Å². The number of hydrogen-bond acceptors (Lipinski definition) is 1. The molecular formula is C14H25ClO2. The van der Waals surface area contributed by atoms with E-state index in [2.05, 4.69) is 13.8 Å². The molecule has 0 aromatic heterocycles. The van der Waals surface area contributed by atoms with Crippen LogP contribution in [0, 0.1) is 23.2 Å². The maximum Gasteiger partial charge on any atom is 0.303 e. The monoisotopic (exact) mass is 260 g/mol. The average Bonchev–Trinajstić information content (AvgIpc) is 2.22. The van der Waals surface area contributed by atoms with E-state index in [1.54, 1.807) is 0 Å². The Hall–Kier alpha value is -0.240. The van der Waals surface area contributed by atoms with E-state index < -0.39 is 5.97 Å². The molecule has 0 aromatic carbocycles. The second kappa shape index (κ2) is 5.60. The number of carbonyl (C=O) groups is 1. The second-order valence-corrected chi connectivity index (χ2v) is 6.33. The van der Waals surface area contributed by atoms with Crippen LogP contribution in [0.15, 0.2) is 0 Å². The third-order valence-electron chi connectivity index (χ3n) is 5.25. The molecular weight excluding hydrogens is 236 g/mol. The van der Waals surface area contributed by atoms with E-state index in [0.29, 0.717) is 11.8 Å². The molecule has 0 radical (unpaired) electrons. The number of carboxylic acid groups (broad SMARTS) is 1. The van der Waals surface area contributed by atoms with Crippen molar-refractivity contribution in [1.29, 1.82) is 0 Å². The number of fused-ring (bicyclic) bond motifs is 3. The van der Waals surface area contributed by atoms with Crippen molar-refractivity contribution in [3.8, 4) is 0 Å². The van der Waals surface area contributed by atoms with E-state index in [4.69, 9.17) is 5.11 Å². The van der Waals surface area contributed by atoms with Gasteiger partial charge in [0, 0.05) is 6.42 Å². The highest BCUT2D eigenvalue weighted by atomic mass is 35.5. The highest BCUT2D eigenvalue weighted by molar-refractivity contribution is 5.85. The van der Waals surface area contributed by atoms with Crippen molar-refractivity contribution in [2.45, 2.75) is 58.8 Å². The van der Waals surface area contributed by atoms with Crippen molar-refractivity contribution in [3.05, 3.63) is 0 Å². The minimum absolute atomic E-state index is 0. The molecule has 0 spiro atoms. The minimum Gasteiger partial charge on any atom is -0.481 e. The Morgan fingerprint density at radius 2 is 1.82 bits per heavy atom. The maximum atomic E-state index is 10.6. The zero-order chi connectivity index (χ0) is 11.8. The fourth-order valence-electron chi connectivity index (χ4n) is 4.26. The molecule has 0 saturated heterocycles. The van der Waals surface area contributed by atoms with E-state index in [0.717, 1.165) is 30.6 Å². The molecule has 1 N–H and O–H groups in total. The highest BCUT2D eigenvalue weighted by Gasteiger charge is 2.47. The summed E-state index contributed by atoms with van der Waals surface area (Å²) in [6.45, 7) is 4.82. The molecule has 3 fully saturated rings. The topological polar surface area (TPSA) is 37.3 Å². The van der Waals surface area contributed by atoms with Crippen LogP contribution in [0.25, 0.3) is 0 Å². The lowest BCUT2D eigenvalue weighted by atomic mass is 9.51. The molecule has 0 amide bonds. The molecule has 1 atom stereocenters. The molecule has 3 aliphatic rings. The van der Waals surface area contributed by atoms with E-state index in [9.17, 15) is 4.79 Å². The maximum absolute atomic E-state index is 10.6. The number of rotatable bonds is 4. The van der Waals surface area contributed by atoms with Crippen molar-refractivity contribution < 1.29 is 9.90 Å². The summed E-state index contributed by atoms with van der Waals surface area (Å²) in [7, 11) is 0. The summed E-state index contributed by atoms with van der Waals surface area (Å²) in [6.07, 6.45) is 7.95. The van der Waals surface area contributed by atoms with Crippen molar-refractivity contribution in [2.24, 2.45) is 23.2 Å².